The second kappa shape index (κ2) is 10.4. The number of benzene rings is 2. The Morgan fingerprint density at radius 1 is 1.12 bits per heavy atom. The minimum Gasteiger partial charge on any atom is -0.493 e. The molecule has 0 radical (unpaired) electrons. The normalized spacial score (nSPS) is 12.1. The zero-order chi connectivity index (χ0) is 23.3. The first-order valence-corrected chi connectivity index (χ1v) is 11.0. The maximum atomic E-state index is 13.6. The van der Waals surface area contributed by atoms with Crippen LogP contribution >= 0.6 is 0 Å². The van der Waals surface area contributed by atoms with Crippen LogP contribution in [-0.2, 0) is 0 Å². The fourth-order valence-electron chi connectivity index (χ4n) is 3.52. The molecule has 3 aromatic rings. The first-order chi connectivity index (χ1) is 15.3. The van der Waals surface area contributed by atoms with Gasteiger partial charge in [-0.15, -0.1) is 0 Å². The Balaban J connectivity index is 1.79. The number of ether oxygens (including phenoxy) is 1. The van der Waals surface area contributed by atoms with Crippen LogP contribution in [0, 0.1) is 25.6 Å². The monoisotopic (exact) mass is 438 g/mol. The Bertz CT molecular complexity index is 1050. The number of nitrogens with zero attached hydrogens (tertiary/aromatic N) is 4. The number of hydrogen-bond donors (Lipinski definition) is 0. The van der Waals surface area contributed by atoms with E-state index in [2.05, 4.69) is 17.1 Å². The van der Waals surface area contributed by atoms with Gasteiger partial charge in [-0.05, 0) is 70.0 Å². The van der Waals surface area contributed by atoms with Crippen molar-refractivity contribution >= 4 is 5.91 Å². The molecule has 0 aliphatic heterocycles. The van der Waals surface area contributed by atoms with Crippen LogP contribution in [-0.4, -0.2) is 45.0 Å². The van der Waals surface area contributed by atoms with E-state index in [0.717, 1.165) is 12.0 Å². The van der Waals surface area contributed by atoms with Gasteiger partial charge in [-0.3, -0.25) is 4.79 Å². The highest BCUT2D eigenvalue weighted by molar-refractivity contribution is 5.98. The standard InChI is InChI=1S/C25H31FN4O2/c1-6-20(16-32-21-8-9-23(26)19(5)14-21)15-29(17(2)3)25(31)22-13-18(4)7-10-24(22)30-27-11-12-28-30/h7-14,17,20H,6,15-16H2,1-5H3. The molecule has 0 saturated carbocycles. The third-order valence-corrected chi connectivity index (χ3v) is 5.55. The molecule has 3 rings (SSSR count). The summed E-state index contributed by atoms with van der Waals surface area (Å²) < 4.78 is 19.5. The van der Waals surface area contributed by atoms with Crippen molar-refractivity contribution in [1.29, 1.82) is 0 Å². The summed E-state index contributed by atoms with van der Waals surface area (Å²) in [6, 6.07) is 10.5. The van der Waals surface area contributed by atoms with Gasteiger partial charge in [0.1, 0.15) is 11.6 Å². The Morgan fingerprint density at radius 2 is 1.84 bits per heavy atom. The summed E-state index contributed by atoms with van der Waals surface area (Å²) in [7, 11) is 0. The fourth-order valence-corrected chi connectivity index (χ4v) is 3.52. The molecule has 32 heavy (non-hydrogen) atoms. The predicted molar refractivity (Wildman–Crippen MR) is 123 cm³/mol. The molecule has 0 fully saturated rings. The summed E-state index contributed by atoms with van der Waals surface area (Å²) in [5, 5.41) is 8.41. The van der Waals surface area contributed by atoms with Crippen molar-refractivity contribution in [2.45, 2.75) is 47.1 Å². The highest BCUT2D eigenvalue weighted by Crippen LogP contribution is 2.22. The zero-order valence-electron chi connectivity index (χ0n) is 19.4. The fraction of sp³-hybridized carbons (Fsp3) is 0.400. The third-order valence-electron chi connectivity index (χ3n) is 5.55. The number of hydrogen-bond acceptors (Lipinski definition) is 4. The first-order valence-electron chi connectivity index (χ1n) is 11.0. The van der Waals surface area contributed by atoms with Crippen LogP contribution in [0.15, 0.2) is 48.8 Å². The van der Waals surface area contributed by atoms with Gasteiger partial charge >= 0.3 is 0 Å². The maximum absolute atomic E-state index is 13.6. The van der Waals surface area contributed by atoms with Crippen molar-refractivity contribution in [2.24, 2.45) is 5.92 Å². The molecular weight excluding hydrogens is 407 g/mol. The molecule has 0 aliphatic rings. The second-order valence-corrected chi connectivity index (χ2v) is 8.39. The number of halogens is 1. The maximum Gasteiger partial charge on any atom is 0.256 e. The van der Waals surface area contributed by atoms with Gasteiger partial charge in [0.05, 0.1) is 30.3 Å². The second-order valence-electron chi connectivity index (χ2n) is 8.39. The number of amides is 1. The quantitative estimate of drug-likeness (QED) is 0.473. The molecule has 6 nitrogen and oxygen atoms in total. The lowest BCUT2D eigenvalue weighted by Crippen LogP contribution is -2.42. The predicted octanol–water partition coefficient (Wildman–Crippen LogP) is 4.98. The lowest BCUT2D eigenvalue weighted by Gasteiger charge is -2.31. The number of aryl methyl sites for hydroxylation is 2. The lowest BCUT2D eigenvalue weighted by atomic mass is 10.0. The number of aromatic nitrogens is 3. The van der Waals surface area contributed by atoms with Crippen LogP contribution in [0.4, 0.5) is 4.39 Å². The molecule has 0 bridgehead atoms. The molecule has 1 amide bonds. The number of rotatable bonds is 9. The molecule has 1 heterocycles. The van der Waals surface area contributed by atoms with E-state index in [1.807, 2.05) is 43.9 Å². The van der Waals surface area contributed by atoms with E-state index < -0.39 is 0 Å². The van der Waals surface area contributed by atoms with Crippen molar-refractivity contribution in [1.82, 2.24) is 19.9 Å². The molecule has 7 heteroatoms. The Hall–Kier alpha value is -3.22. The van der Waals surface area contributed by atoms with Crippen molar-refractivity contribution in [3.05, 3.63) is 71.3 Å². The van der Waals surface area contributed by atoms with Gasteiger partial charge in [0.15, 0.2) is 0 Å². The van der Waals surface area contributed by atoms with E-state index in [0.29, 0.717) is 35.7 Å². The Morgan fingerprint density at radius 3 is 2.47 bits per heavy atom. The smallest absolute Gasteiger partial charge is 0.256 e. The number of carbonyl (C=O) groups excluding carboxylic acids is 1. The van der Waals surface area contributed by atoms with Crippen LogP contribution in [0.1, 0.15) is 48.7 Å². The van der Waals surface area contributed by atoms with E-state index in [4.69, 9.17) is 4.74 Å². The van der Waals surface area contributed by atoms with Crippen LogP contribution in [0.2, 0.25) is 0 Å². The van der Waals surface area contributed by atoms with Gasteiger partial charge in [0.2, 0.25) is 0 Å². The van der Waals surface area contributed by atoms with Gasteiger partial charge in [0.25, 0.3) is 5.91 Å². The van der Waals surface area contributed by atoms with Crippen molar-refractivity contribution < 1.29 is 13.9 Å². The van der Waals surface area contributed by atoms with Gasteiger partial charge in [0, 0.05) is 18.5 Å². The highest BCUT2D eigenvalue weighted by Gasteiger charge is 2.25. The van der Waals surface area contributed by atoms with Crippen molar-refractivity contribution in [2.75, 3.05) is 13.2 Å². The first kappa shape index (κ1) is 23.4. The molecule has 0 saturated heterocycles. The van der Waals surface area contributed by atoms with Gasteiger partial charge in [-0.2, -0.15) is 15.0 Å². The molecule has 0 N–H and O–H groups in total. The molecule has 1 unspecified atom stereocenters. The van der Waals surface area contributed by atoms with E-state index in [1.165, 1.54) is 10.9 Å². The molecular formula is C25H31FN4O2. The molecule has 0 spiro atoms. The van der Waals surface area contributed by atoms with Gasteiger partial charge in [-0.25, -0.2) is 4.39 Å². The van der Waals surface area contributed by atoms with Crippen LogP contribution in [0.5, 0.6) is 5.75 Å². The minimum absolute atomic E-state index is 0.00329. The average Bonchev–Trinajstić information content (AvgIpc) is 3.30. The van der Waals surface area contributed by atoms with E-state index in [-0.39, 0.29) is 23.7 Å². The van der Waals surface area contributed by atoms with Crippen LogP contribution in [0.25, 0.3) is 5.69 Å². The Labute approximate surface area is 189 Å². The molecule has 0 aliphatic carbocycles. The SMILES string of the molecule is CCC(COc1ccc(F)c(C)c1)CN(C(=O)c1cc(C)ccc1-n1nccn1)C(C)C. The summed E-state index contributed by atoms with van der Waals surface area (Å²) in [6.45, 7) is 10.8. The summed E-state index contributed by atoms with van der Waals surface area (Å²) in [5.74, 6) is 0.451. The molecule has 2 aromatic carbocycles. The Kier molecular flexibility index (Phi) is 7.62. The van der Waals surface area contributed by atoms with E-state index >= 15 is 0 Å². The molecule has 170 valence electrons. The van der Waals surface area contributed by atoms with Crippen LogP contribution < -0.4 is 4.74 Å². The summed E-state index contributed by atoms with van der Waals surface area (Å²) in [5.41, 5.74) is 2.77. The molecule has 1 atom stereocenters. The summed E-state index contributed by atoms with van der Waals surface area (Å²) >= 11 is 0. The zero-order valence-corrected chi connectivity index (χ0v) is 19.4. The van der Waals surface area contributed by atoms with Crippen molar-refractivity contribution in [3.8, 4) is 11.4 Å². The van der Waals surface area contributed by atoms with E-state index in [9.17, 15) is 9.18 Å². The third kappa shape index (κ3) is 5.52. The largest absolute Gasteiger partial charge is 0.493 e. The summed E-state index contributed by atoms with van der Waals surface area (Å²) in [4.78, 5) is 17.0. The van der Waals surface area contributed by atoms with Gasteiger partial charge in [-0.1, -0.05) is 18.6 Å². The minimum atomic E-state index is -0.249. The van der Waals surface area contributed by atoms with Crippen LogP contribution in [0.3, 0.4) is 0 Å². The van der Waals surface area contributed by atoms with Crippen molar-refractivity contribution in [3.63, 3.8) is 0 Å². The number of carbonyl (C=O) groups is 1. The highest BCUT2D eigenvalue weighted by atomic mass is 19.1. The summed E-state index contributed by atoms with van der Waals surface area (Å²) in [6.07, 6.45) is 4.03. The topological polar surface area (TPSA) is 60.2 Å². The average molecular weight is 439 g/mol. The van der Waals surface area contributed by atoms with Gasteiger partial charge < -0.3 is 9.64 Å². The lowest BCUT2D eigenvalue weighted by molar-refractivity contribution is 0.0644. The van der Waals surface area contributed by atoms with E-state index in [1.54, 1.807) is 31.5 Å². The molecule has 1 aromatic heterocycles.